The van der Waals surface area contributed by atoms with E-state index >= 15 is 0 Å². The summed E-state index contributed by atoms with van der Waals surface area (Å²) in [4.78, 5) is 27.5. The standard InChI is InChI=1S/C19H22F2N2O3/c1-17(7-8-17)15(24)22-11-9-18(10-12-22)13-23(14-5-3-2-4-6-14)16(25)19(20,21)26-18/h2-6H,7-13H2,1H3. The van der Waals surface area contributed by atoms with E-state index < -0.39 is 17.6 Å². The zero-order chi connectivity index (χ0) is 18.6. The highest BCUT2D eigenvalue weighted by atomic mass is 19.3. The van der Waals surface area contributed by atoms with Gasteiger partial charge < -0.3 is 14.5 Å². The summed E-state index contributed by atoms with van der Waals surface area (Å²) in [5, 5.41) is 0. The number of alkyl halides is 2. The zero-order valence-corrected chi connectivity index (χ0v) is 14.7. The van der Waals surface area contributed by atoms with E-state index in [1.54, 1.807) is 35.2 Å². The molecule has 3 fully saturated rings. The molecule has 4 rings (SSSR count). The first-order chi connectivity index (χ1) is 12.2. The van der Waals surface area contributed by atoms with Crippen LogP contribution >= 0.6 is 0 Å². The summed E-state index contributed by atoms with van der Waals surface area (Å²) in [6, 6.07) is 8.46. The fraction of sp³-hybridized carbons (Fsp3) is 0.579. The number of rotatable bonds is 2. The molecule has 0 N–H and O–H groups in total. The lowest BCUT2D eigenvalue weighted by molar-refractivity contribution is -0.292. The second kappa shape index (κ2) is 5.74. The molecule has 2 amide bonds. The van der Waals surface area contributed by atoms with E-state index in [1.807, 2.05) is 6.92 Å². The van der Waals surface area contributed by atoms with Crippen molar-refractivity contribution in [1.29, 1.82) is 0 Å². The highest BCUT2D eigenvalue weighted by Gasteiger charge is 2.58. The van der Waals surface area contributed by atoms with Crippen LogP contribution in [0.15, 0.2) is 30.3 Å². The number of hydrogen-bond acceptors (Lipinski definition) is 3. The molecule has 2 saturated heterocycles. The van der Waals surface area contributed by atoms with E-state index in [0.29, 0.717) is 31.6 Å². The minimum Gasteiger partial charge on any atom is -0.342 e. The van der Waals surface area contributed by atoms with E-state index in [4.69, 9.17) is 4.74 Å². The van der Waals surface area contributed by atoms with Crippen LogP contribution in [-0.2, 0) is 14.3 Å². The quantitative estimate of drug-likeness (QED) is 0.811. The van der Waals surface area contributed by atoms with Gasteiger partial charge in [-0.25, -0.2) is 0 Å². The van der Waals surface area contributed by atoms with Gasteiger partial charge in [0, 0.05) is 24.2 Å². The second-order valence-electron chi connectivity index (χ2n) is 7.88. The number of benzene rings is 1. The highest BCUT2D eigenvalue weighted by Crippen LogP contribution is 2.48. The van der Waals surface area contributed by atoms with Crippen LogP contribution in [0.1, 0.15) is 32.6 Å². The summed E-state index contributed by atoms with van der Waals surface area (Å²) in [7, 11) is 0. The number of carbonyl (C=O) groups is 2. The van der Waals surface area contributed by atoms with Crippen molar-refractivity contribution in [3.63, 3.8) is 0 Å². The Morgan fingerprint density at radius 3 is 2.27 bits per heavy atom. The van der Waals surface area contributed by atoms with Crippen LogP contribution in [0.2, 0.25) is 0 Å². The van der Waals surface area contributed by atoms with Crippen LogP contribution in [0.4, 0.5) is 14.5 Å². The molecule has 2 heterocycles. The maximum Gasteiger partial charge on any atom is 0.437 e. The Balaban J connectivity index is 1.53. The normalized spacial score (nSPS) is 26.0. The van der Waals surface area contributed by atoms with Gasteiger partial charge in [0.2, 0.25) is 5.91 Å². The molecule has 1 saturated carbocycles. The van der Waals surface area contributed by atoms with E-state index in [2.05, 4.69) is 0 Å². The molecule has 26 heavy (non-hydrogen) atoms. The van der Waals surface area contributed by atoms with Gasteiger partial charge in [0.05, 0.1) is 12.1 Å². The van der Waals surface area contributed by atoms with Gasteiger partial charge in [-0.3, -0.25) is 9.59 Å². The van der Waals surface area contributed by atoms with Crippen LogP contribution in [0.3, 0.4) is 0 Å². The van der Waals surface area contributed by atoms with Gasteiger partial charge in [0.15, 0.2) is 0 Å². The first-order valence-corrected chi connectivity index (χ1v) is 8.99. The third-order valence-electron chi connectivity index (χ3n) is 5.83. The van der Waals surface area contributed by atoms with E-state index in [-0.39, 0.29) is 17.9 Å². The number of para-hydroxylation sites is 1. The molecule has 1 spiro atoms. The Hall–Kier alpha value is -2.02. The molecule has 0 unspecified atom stereocenters. The number of likely N-dealkylation sites (tertiary alicyclic amines) is 1. The van der Waals surface area contributed by atoms with E-state index in [9.17, 15) is 18.4 Å². The Morgan fingerprint density at radius 1 is 1.08 bits per heavy atom. The average molecular weight is 364 g/mol. The first-order valence-electron chi connectivity index (χ1n) is 8.99. The lowest BCUT2D eigenvalue weighted by Gasteiger charge is -2.49. The van der Waals surface area contributed by atoms with Gasteiger partial charge in [-0.1, -0.05) is 25.1 Å². The number of carbonyl (C=O) groups excluding carboxylic acids is 2. The number of amides is 2. The molecule has 0 aromatic heterocycles. The van der Waals surface area contributed by atoms with Crippen molar-refractivity contribution in [2.24, 2.45) is 5.41 Å². The molecule has 0 radical (unpaired) electrons. The van der Waals surface area contributed by atoms with E-state index in [1.165, 1.54) is 0 Å². The maximum absolute atomic E-state index is 14.3. The monoisotopic (exact) mass is 364 g/mol. The van der Waals surface area contributed by atoms with E-state index in [0.717, 1.165) is 17.7 Å². The predicted octanol–water partition coefficient (Wildman–Crippen LogP) is 2.80. The summed E-state index contributed by atoms with van der Waals surface area (Å²) in [5.41, 5.74) is -0.966. The molecular weight excluding hydrogens is 342 g/mol. The number of halogens is 2. The van der Waals surface area contributed by atoms with Crippen LogP contribution < -0.4 is 4.90 Å². The number of ether oxygens (including phenoxy) is 1. The van der Waals surface area contributed by atoms with Crippen molar-refractivity contribution in [3.8, 4) is 0 Å². The molecule has 3 aliphatic rings. The topological polar surface area (TPSA) is 49.9 Å². The molecule has 1 aromatic carbocycles. The Bertz CT molecular complexity index is 726. The Kier molecular flexibility index (Phi) is 3.84. The maximum atomic E-state index is 14.3. The highest BCUT2D eigenvalue weighted by molar-refractivity contribution is 5.98. The van der Waals surface area contributed by atoms with Crippen molar-refractivity contribution >= 4 is 17.5 Å². The Morgan fingerprint density at radius 2 is 1.69 bits per heavy atom. The molecular formula is C19H22F2N2O3. The molecule has 0 bridgehead atoms. The van der Waals surface area contributed by atoms with Crippen molar-refractivity contribution in [1.82, 2.24) is 4.90 Å². The van der Waals surface area contributed by atoms with Crippen LogP contribution in [-0.4, -0.2) is 48.1 Å². The third kappa shape index (κ3) is 2.88. The third-order valence-corrected chi connectivity index (χ3v) is 5.83. The second-order valence-corrected chi connectivity index (χ2v) is 7.88. The van der Waals surface area contributed by atoms with Crippen LogP contribution in [0, 0.1) is 5.41 Å². The van der Waals surface area contributed by atoms with Gasteiger partial charge in [0.1, 0.15) is 0 Å². The summed E-state index contributed by atoms with van der Waals surface area (Å²) < 4.78 is 33.7. The fourth-order valence-corrected chi connectivity index (χ4v) is 3.84. The van der Waals surface area contributed by atoms with Gasteiger partial charge in [0.25, 0.3) is 0 Å². The molecule has 140 valence electrons. The number of nitrogens with zero attached hydrogens (tertiary/aromatic N) is 2. The van der Waals surface area contributed by atoms with Crippen LogP contribution in [0.5, 0.6) is 0 Å². The first kappa shape index (κ1) is 17.4. The summed E-state index contributed by atoms with van der Waals surface area (Å²) >= 11 is 0. The van der Waals surface area contributed by atoms with Crippen molar-refractivity contribution in [3.05, 3.63) is 30.3 Å². The molecule has 0 atom stereocenters. The molecule has 2 aliphatic heterocycles. The van der Waals surface area contributed by atoms with Gasteiger partial charge in [-0.2, -0.15) is 8.78 Å². The molecule has 1 aliphatic carbocycles. The van der Waals surface area contributed by atoms with Gasteiger partial charge in [-0.05, 0) is 37.8 Å². The molecule has 7 heteroatoms. The Labute approximate surface area is 150 Å². The molecule has 1 aromatic rings. The predicted molar refractivity (Wildman–Crippen MR) is 90.7 cm³/mol. The summed E-state index contributed by atoms with van der Waals surface area (Å²) in [6.07, 6.45) is -1.50. The lowest BCUT2D eigenvalue weighted by atomic mass is 9.88. The zero-order valence-electron chi connectivity index (χ0n) is 14.7. The van der Waals surface area contributed by atoms with Crippen LogP contribution in [0.25, 0.3) is 0 Å². The minimum absolute atomic E-state index is 0.0741. The van der Waals surface area contributed by atoms with Crippen molar-refractivity contribution in [2.45, 2.75) is 44.3 Å². The summed E-state index contributed by atoms with van der Waals surface area (Å²) in [5.74, 6) is -1.23. The minimum atomic E-state index is -3.86. The SMILES string of the molecule is CC1(C(=O)N2CCC3(CC2)CN(c2ccccc2)C(=O)C(F)(F)O3)CC1. The number of piperidine rings is 1. The summed E-state index contributed by atoms with van der Waals surface area (Å²) in [6.45, 7) is 2.77. The number of anilines is 1. The van der Waals surface area contributed by atoms with Crippen molar-refractivity contribution < 1.29 is 23.1 Å². The van der Waals surface area contributed by atoms with Gasteiger partial charge in [-0.15, -0.1) is 0 Å². The number of morpholine rings is 1. The molecule has 5 nitrogen and oxygen atoms in total. The largest absolute Gasteiger partial charge is 0.437 e. The smallest absolute Gasteiger partial charge is 0.342 e. The fourth-order valence-electron chi connectivity index (χ4n) is 3.84. The van der Waals surface area contributed by atoms with Gasteiger partial charge >= 0.3 is 12.0 Å². The average Bonchev–Trinajstić information content (AvgIpc) is 3.38. The van der Waals surface area contributed by atoms with Crippen molar-refractivity contribution in [2.75, 3.05) is 24.5 Å². The lowest BCUT2D eigenvalue weighted by Crippen LogP contribution is -2.65. The number of hydrogen-bond donors (Lipinski definition) is 0.